The average Bonchev–Trinajstić information content (AvgIpc) is 2.91. The third-order valence-corrected chi connectivity index (χ3v) is 5.86. The van der Waals surface area contributed by atoms with E-state index in [1.54, 1.807) is 4.90 Å². The third kappa shape index (κ3) is 3.44. The molecule has 2 aromatic rings. The monoisotopic (exact) mass is 366 g/mol. The molecule has 0 unspecified atom stereocenters. The van der Waals surface area contributed by atoms with E-state index >= 15 is 0 Å². The van der Waals surface area contributed by atoms with Crippen molar-refractivity contribution in [3.8, 4) is 0 Å². The predicted octanol–water partition coefficient (Wildman–Crippen LogP) is 2.30. The normalized spacial score (nSPS) is 17.0. The van der Waals surface area contributed by atoms with E-state index in [4.69, 9.17) is 0 Å². The minimum atomic E-state index is -0.402. The standard InChI is InChI=1S/C22H26N2O3/c1-15-18(12-21(27)23-13-17(25)14-23)22-19(8-5-9-20(22)26)24(15)11-10-16-6-3-2-4-7-16/h2-4,6-7,17,25H,5,8-14H2,1H3. The van der Waals surface area contributed by atoms with E-state index in [1.165, 1.54) is 5.56 Å². The number of benzene rings is 1. The summed E-state index contributed by atoms with van der Waals surface area (Å²) in [5, 5.41) is 9.45. The number of aliphatic hydroxyl groups is 1. The molecule has 0 saturated carbocycles. The highest BCUT2D eigenvalue weighted by atomic mass is 16.3. The molecule has 1 amide bonds. The Hall–Kier alpha value is -2.40. The van der Waals surface area contributed by atoms with E-state index in [1.807, 2.05) is 25.1 Å². The van der Waals surface area contributed by atoms with Crippen LogP contribution in [0, 0.1) is 6.92 Å². The smallest absolute Gasteiger partial charge is 0.227 e. The maximum atomic E-state index is 12.7. The molecule has 5 heteroatoms. The van der Waals surface area contributed by atoms with Gasteiger partial charge in [-0.3, -0.25) is 9.59 Å². The van der Waals surface area contributed by atoms with Crippen LogP contribution in [0.2, 0.25) is 0 Å². The lowest BCUT2D eigenvalue weighted by Crippen LogP contribution is -2.54. The molecule has 0 bridgehead atoms. The number of Topliss-reactive ketones (excluding diaryl/α,β-unsaturated/α-hetero) is 1. The van der Waals surface area contributed by atoms with E-state index in [0.717, 1.165) is 48.3 Å². The SMILES string of the molecule is Cc1c(CC(=O)N2CC(O)C2)c2c(n1CCc1ccccc1)CCCC2=O. The van der Waals surface area contributed by atoms with Crippen molar-refractivity contribution in [3.63, 3.8) is 0 Å². The number of rotatable bonds is 5. The van der Waals surface area contributed by atoms with Crippen LogP contribution in [0.3, 0.4) is 0 Å². The zero-order valence-corrected chi connectivity index (χ0v) is 15.8. The molecule has 1 aromatic heterocycles. The van der Waals surface area contributed by atoms with Gasteiger partial charge in [0.25, 0.3) is 0 Å². The van der Waals surface area contributed by atoms with Gasteiger partial charge in [-0.05, 0) is 37.3 Å². The van der Waals surface area contributed by atoms with Crippen LogP contribution in [0.25, 0.3) is 0 Å². The highest BCUT2D eigenvalue weighted by Crippen LogP contribution is 2.31. The molecule has 1 aliphatic heterocycles. The Morgan fingerprint density at radius 2 is 1.93 bits per heavy atom. The molecule has 0 atom stereocenters. The van der Waals surface area contributed by atoms with Crippen molar-refractivity contribution in [3.05, 3.63) is 58.4 Å². The molecule has 1 aromatic carbocycles. The number of aryl methyl sites for hydroxylation is 1. The van der Waals surface area contributed by atoms with Gasteiger partial charge in [0.1, 0.15) is 0 Å². The van der Waals surface area contributed by atoms with Gasteiger partial charge >= 0.3 is 0 Å². The van der Waals surface area contributed by atoms with Gasteiger partial charge in [-0.2, -0.15) is 0 Å². The van der Waals surface area contributed by atoms with Crippen LogP contribution in [0.15, 0.2) is 30.3 Å². The van der Waals surface area contributed by atoms with Crippen LogP contribution >= 0.6 is 0 Å². The van der Waals surface area contributed by atoms with Gasteiger partial charge < -0.3 is 14.6 Å². The fourth-order valence-electron chi connectivity index (χ4n) is 4.31. The van der Waals surface area contributed by atoms with Gasteiger partial charge in [0, 0.05) is 43.0 Å². The number of amides is 1. The Morgan fingerprint density at radius 1 is 1.19 bits per heavy atom. The Labute approximate surface area is 159 Å². The van der Waals surface area contributed by atoms with Crippen LogP contribution in [0.5, 0.6) is 0 Å². The van der Waals surface area contributed by atoms with Gasteiger partial charge in [-0.1, -0.05) is 30.3 Å². The number of aliphatic hydroxyl groups excluding tert-OH is 1. The Balaban J connectivity index is 1.61. The largest absolute Gasteiger partial charge is 0.389 e. The number of β-amino-alcohol motifs (C(OH)–C–C–N with tert-alkyl or cyclic N) is 1. The van der Waals surface area contributed by atoms with Gasteiger partial charge in [-0.15, -0.1) is 0 Å². The number of aromatic nitrogens is 1. The highest BCUT2D eigenvalue weighted by molar-refractivity contribution is 6.01. The molecule has 2 heterocycles. The van der Waals surface area contributed by atoms with Crippen molar-refractivity contribution in [2.45, 2.75) is 51.7 Å². The van der Waals surface area contributed by atoms with Crippen molar-refractivity contribution in [1.82, 2.24) is 9.47 Å². The minimum Gasteiger partial charge on any atom is -0.389 e. The molecule has 2 aliphatic rings. The Morgan fingerprint density at radius 3 is 2.63 bits per heavy atom. The first-order valence-electron chi connectivity index (χ1n) is 9.78. The number of nitrogens with zero attached hydrogens (tertiary/aromatic N) is 2. The molecule has 142 valence electrons. The summed E-state index contributed by atoms with van der Waals surface area (Å²) in [6, 6.07) is 10.3. The number of carbonyl (C=O) groups excluding carboxylic acids is 2. The van der Waals surface area contributed by atoms with E-state index < -0.39 is 6.10 Å². The number of likely N-dealkylation sites (tertiary alicyclic amines) is 1. The zero-order valence-electron chi connectivity index (χ0n) is 15.8. The molecule has 1 N–H and O–H groups in total. The van der Waals surface area contributed by atoms with Crippen LogP contribution < -0.4 is 0 Å². The summed E-state index contributed by atoms with van der Waals surface area (Å²) in [5.74, 6) is 0.175. The lowest BCUT2D eigenvalue weighted by Gasteiger charge is -2.36. The number of hydrogen-bond acceptors (Lipinski definition) is 3. The molecule has 1 saturated heterocycles. The van der Waals surface area contributed by atoms with Crippen LogP contribution in [0.4, 0.5) is 0 Å². The molecular weight excluding hydrogens is 340 g/mol. The fraction of sp³-hybridized carbons (Fsp3) is 0.455. The lowest BCUT2D eigenvalue weighted by molar-refractivity contribution is -0.140. The highest BCUT2D eigenvalue weighted by Gasteiger charge is 2.33. The molecule has 0 spiro atoms. The maximum Gasteiger partial charge on any atom is 0.227 e. The lowest BCUT2D eigenvalue weighted by atomic mass is 9.91. The first kappa shape index (κ1) is 18.0. The molecule has 1 aliphatic carbocycles. The minimum absolute atomic E-state index is 0.00443. The molecule has 1 fully saturated rings. The van der Waals surface area contributed by atoms with Gasteiger partial charge in [-0.25, -0.2) is 0 Å². The first-order valence-corrected chi connectivity index (χ1v) is 9.78. The quantitative estimate of drug-likeness (QED) is 0.883. The maximum absolute atomic E-state index is 12.7. The second-order valence-electron chi connectivity index (χ2n) is 7.68. The number of fused-ring (bicyclic) bond motifs is 1. The van der Waals surface area contributed by atoms with Crippen molar-refractivity contribution < 1.29 is 14.7 Å². The Kier molecular flexibility index (Phi) is 4.87. The predicted molar refractivity (Wildman–Crippen MR) is 103 cm³/mol. The van der Waals surface area contributed by atoms with E-state index in [2.05, 4.69) is 16.7 Å². The summed E-state index contributed by atoms with van der Waals surface area (Å²) >= 11 is 0. The second-order valence-corrected chi connectivity index (χ2v) is 7.68. The molecule has 27 heavy (non-hydrogen) atoms. The fourth-order valence-corrected chi connectivity index (χ4v) is 4.31. The third-order valence-electron chi connectivity index (χ3n) is 5.86. The number of carbonyl (C=O) groups is 2. The van der Waals surface area contributed by atoms with Crippen LogP contribution in [-0.4, -0.2) is 45.5 Å². The second kappa shape index (κ2) is 7.31. The van der Waals surface area contributed by atoms with E-state index in [-0.39, 0.29) is 18.1 Å². The molecule has 5 nitrogen and oxygen atoms in total. The number of hydrogen-bond donors (Lipinski definition) is 1. The molecule has 4 rings (SSSR count). The average molecular weight is 366 g/mol. The van der Waals surface area contributed by atoms with Crippen molar-refractivity contribution in [2.24, 2.45) is 0 Å². The number of ketones is 1. The Bertz CT molecular complexity index is 863. The topological polar surface area (TPSA) is 62.5 Å². The van der Waals surface area contributed by atoms with Gasteiger partial charge in [0.2, 0.25) is 5.91 Å². The molecule has 0 radical (unpaired) electrons. The summed E-state index contributed by atoms with van der Waals surface area (Å²) in [5.41, 5.74) is 5.11. The van der Waals surface area contributed by atoms with Crippen molar-refractivity contribution in [1.29, 1.82) is 0 Å². The van der Waals surface area contributed by atoms with E-state index in [9.17, 15) is 14.7 Å². The summed E-state index contributed by atoms with van der Waals surface area (Å²) in [6.45, 7) is 3.66. The van der Waals surface area contributed by atoms with Crippen molar-refractivity contribution >= 4 is 11.7 Å². The molecular formula is C22H26N2O3. The zero-order chi connectivity index (χ0) is 19.0. The van der Waals surface area contributed by atoms with Crippen LogP contribution in [0.1, 0.15) is 45.7 Å². The summed E-state index contributed by atoms with van der Waals surface area (Å²) in [6.07, 6.45) is 3.10. The summed E-state index contributed by atoms with van der Waals surface area (Å²) in [4.78, 5) is 26.9. The van der Waals surface area contributed by atoms with Gasteiger partial charge in [0.15, 0.2) is 5.78 Å². The summed E-state index contributed by atoms with van der Waals surface area (Å²) < 4.78 is 2.26. The van der Waals surface area contributed by atoms with E-state index in [0.29, 0.717) is 19.5 Å². The van der Waals surface area contributed by atoms with Crippen LogP contribution in [-0.2, 0) is 30.6 Å². The summed E-state index contributed by atoms with van der Waals surface area (Å²) in [7, 11) is 0. The first-order chi connectivity index (χ1) is 13.0. The van der Waals surface area contributed by atoms with Gasteiger partial charge in [0.05, 0.1) is 12.5 Å². The van der Waals surface area contributed by atoms with Crippen molar-refractivity contribution in [2.75, 3.05) is 13.1 Å².